The number of hydrogen-bond acceptors (Lipinski definition) is 5. The molecule has 2 unspecified atom stereocenters. The molecule has 0 spiro atoms. The monoisotopic (exact) mass is 414 g/mol. The number of amides is 2. The van der Waals surface area contributed by atoms with E-state index in [1.54, 1.807) is 24.3 Å². The van der Waals surface area contributed by atoms with Gasteiger partial charge in [0.05, 0.1) is 5.54 Å². The first kappa shape index (κ1) is 21.0. The average molecular weight is 414 g/mol. The lowest BCUT2D eigenvalue weighted by Crippen LogP contribution is -2.56. The zero-order valence-corrected chi connectivity index (χ0v) is 16.0. The summed E-state index contributed by atoms with van der Waals surface area (Å²) in [5.41, 5.74) is -0.548. The van der Waals surface area contributed by atoms with E-state index in [1.807, 2.05) is 6.07 Å². The van der Waals surface area contributed by atoms with Crippen LogP contribution in [0.4, 0.5) is 14.9 Å². The minimum atomic E-state index is -1.82. The summed E-state index contributed by atoms with van der Waals surface area (Å²) in [4.78, 5) is 47.4. The minimum absolute atomic E-state index is 0.0412. The number of carboxylic acid groups (broad SMARTS) is 1. The van der Waals surface area contributed by atoms with Crippen molar-refractivity contribution in [3.8, 4) is 0 Å². The summed E-state index contributed by atoms with van der Waals surface area (Å²) >= 11 is 0. The molecule has 3 rings (SSSR count). The van der Waals surface area contributed by atoms with E-state index in [2.05, 4.69) is 10.6 Å². The van der Waals surface area contributed by atoms with Crippen LogP contribution >= 0.6 is 0 Å². The van der Waals surface area contributed by atoms with Crippen molar-refractivity contribution < 1.29 is 33.4 Å². The summed E-state index contributed by atoms with van der Waals surface area (Å²) < 4.78 is 19.6. The lowest BCUT2D eigenvalue weighted by Gasteiger charge is -2.36. The molecule has 1 saturated heterocycles. The largest absolute Gasteiger partial charge is 0.480 e. The van der Waals surface area contributed by atoms with Crippen LogP contribution < -0.4 is 10.6 Å². The Morgan fingerprint density at radius 2 is 1.93 bits per heavy atom. The number of halogens is 1. The molecular formula is C21H19FN2O6. The number of carbonyl (C=O) groups is 4. The zero-order valence-electron chi connectivity index (χ0n) is 16.0. The van der Waals surface area contributed by atoms with Crippen molar-refractivity contribution in [3.05, 3.63) is 65.5 Å². The van der Waals surface area contributed by atoms with Crippen LogP contribution in [0.15, 0.2) is 48.5 Å². The molecule has 30 heavy (non-hydrogen) atoms. The second kappa shape index (κ2) is 8.32. The highest BCUT2D eigenvalue weighted by molar-refractivity contribution is 6.18. The van der Waals surface area contributed by atoms with Crippen LogP contribution in [-0.2, 0) is 31.3 Å². The number of hydrogen-bond donors (Lipinski definition) is 3. The van der Waals surface area contributed by atoms with Crippen molar-refractivity contribution in [1.82, 2.24) is 5.32 Å². The number of aliphatic carboxylic acids is 1. The molecule has 2 aromatic rings. The maximum absolute atomic E-state index is 14.5. The van der Waals surface area contributed by atoms with Gasteiger partial charge < -0.3 is 15.2 Å². The molecule has 2 atom stereocenters. The number of benzene rings is 2. The first-order valence-corrected chi connectivity index (χ1v) is 9.05. The summed E-state index contributed by atoms with van der Waals surface area (Å²) in [6.45, 7) is 1.45. The van der Waals surface area contributed by atoms with Crippen molar-refractivity contribution >= 4 is 29.4 Å². The lowest BCUT2D eigenvalue weighted by molar-refractivity contribution is -0.154. The van der Waals surface area contributed by atoms with Gasteiger partial charge in [-0.05, 0) is 30.7 Å². The lowest BCUT2D eigenvalue weighted by atomic mass is 9.79. The third-order valence-corrected chi connectivity index (χ3v) is 4.78. The summed E-state index contributed by atoms with van der Waals surface area (Å²) in [6.07, 6.45) is -1.18. The molecule has 3 N–H and O–H groups in total. The average Bonchev–Trinajstić information content (AvgIpc) is 2.67. The summed E-state index contributed by atoms with van der Waals surface area (Å²) in [6, 6.07) is 12.7. The summed E-state index contributed by atoms with van der Waals surface area (Å²) in [7, 11) is 0. The number of carbonyl (C=O) groups excluding carboxylic acids is 3. The van der Waals surface area contributed by atoms with Crippen LogP contribution in [0.2, 0.25) is 0 Å². The smallest absolute Gasteiger partial charge is 0.411 e. The molecule has 0 radical (unpaired) electrons. The molecule has 156 valence electrons. The van der Waals surface area contributed by atoms with E-state index in [4.69, 9.17) is 9.84 Å². The number of nitrogens with one attached hydrogen (secondary N) is 2. The number of carboxylic acids is 1. The van der Waals surface area contributed by atoms with Gasteiger partial charge in [-0.25, -0.2) is 9.18 Å². The topological polar surface area (TPSA) is 122 Å². The standard InChI is InChI=1S/C21H19FN2O6/c1-21(10-16(25)17(19(27)28)18(26)24-21)14-9-13(7-8-15(14)22)23-20(29)30-11-12-5-3-2-4-6-12/h2-9,17H,10-11H2,1H3,(H,23,29)(H,24,26)(H,27,28). The summed E-state index contributed by atoms with van der Waals surface area (Å²) in [5.74, 6) is -5.94. The van der Waals surface area contributed by atoms with Crippen molar-refractivity contribution in [3.63, 3.8) is 0 Å². The Morgan fingerprint density at radius 3 is 2.57 bits per heavy atom. The van der Waals surface area contributed by atoms with E-state index in [0.29, 0.717) is 0 Å². The maximum Gasteiger partial charge on any atom is 0.411 e. The molecule has 1 aliphatic rings. The van der Waals surface area contributed by atoms with Gasteiger partial charge in [0.1, 0.15) is 12.4 Å². The Morgan fingerprint density at radius 1 is 1.23 bits per heavy atom. The molecule has 1 fully saturated rings. The highest BCUT2D eigenvalue weighted by atomic mass is 19.1. The van der Waals surface area contributed by atoms with Gasteiger partial charge in [0.15, 0.2) is 11.7 Å². The van der Waals surface area contributed by atoms with Crippen molar-refractivity contribution in [2.24, 2.45) is 5.92 Å². The zero-order chi connectivity index (χ0) is 21.9. The third-order valence-electron chi connectivity index (χ3n) is 4.78. The van der Waals surface area contributed by atoms with Gasteiger partial charge in [-0.1, -0.05) is 30.3 Å². The van der Waals surface area contributed by atoms with Gasteiger partial charge in [-0.15, -0.1) is 0 Å². The molecule has 9 heteroatoms. The molecular weight excluding hydrogens is 395 g/mol. The Kier molecular flexibility index (Phi) is 5.81. The van der Waals surface area contributed by atoms with Gasteiger partial charge in [0.25, 0.3) is 0 Å². The molecule has 0 aliphatic carbocycles. The SMILES string of the molecule is CC1(c2cc(NC(=O)OCc3ccccc3)ccc2F)CC(=O)C(C(=O)O)C(=O)N1. The quantitative estimate of drug-likeness (QED) is 0.647. The van der Waals surface area contributed by atoms with E-state index in [9.17, 15) is 23.6 Å². The fraction of sp³-hybridized carbons (Fsp3) is 0.238. The van der Waals surface area contributed by atoms with Crippen LogP contribution in [0, 0.1) is 11.7 Å². The summed E-state index contributed by atoms with van der Waals surface area (Å²) in [5, 5.41) is 13.9. The number of anilines is 1. The third kappa shape index (κ3) is 4.45. The van der Waals surface area contributed by atoms with Crippen LogP contribution in [0.3, 0.4) is 0 Å². The van der Waals surface area contributed by atoms with Crippen LogP contribution in [-0.4, -0.2) is 28.9 Å². The highest BCUT2D eigenvalue weighted by Crippen LogP contribution is 2.34. The second-order valence-corrected chi connectivity index (χ2v) is 7.12. The highest BCUT2D eigenvalue weighted by Gasteiger charge is 2.47. The van der Waals surface area contributed by atoms with Gasteiger partial charge in [0, 0.05) is 17.7 Å². The van der Waals surface area contributed by atoms with Crippen LogP contribution in [0.25, 0.3) is 0 Å². The van der Waals surface area contributed by atoms with Gasteiger partial charge in [-0.3, -0.25) is 19.7 Å². The Labute approximate surface area is 171 Å². The number of Topliss-reactive ketones (excluding diaryl/α,β-unsaturated/α-hetero) is 1. The number of ether oxygens (including phenoxy) is 1. The molecule has 2 amide bonds. The second-order valence-electron chi connectivity index (χ2n) is 7.12. The normalized spacial score (nSPS) is 20.9. The molecule has 8 nitrogen and oxygen atoms in total. The maximum atomic E-state index is 14.5. The van der Waals surface area contributed by atoms with E-state index in [-0.39, 0.29) is 17.9 Å². The first-order chi connectivity index (χ1) is 14.2. The Hall–Kier alpha value is -3.75. The van der Waals surface area contributed by atoms with Crippen molar-refractivity contribution in [2.75, 3.05) is 5.32 Å². The van der Waals surface area contributed by atoms with E-state index in [1.165, 1.54) is 19.1 Å². The Balaban J connectivity index is 1.75. The predicted molar refractivity (Wildman–Crippen MR) is 103 cm³/mol. The van der Waals surface area contributed by atoms with Gasteiger partial charge in [0.2, 0.25) is 5.91 Å². The molecule has 1 aliphatic heterocycles. The molecule has 0 bridgehead atoms. The van der Waals surface area contributed by atoms with Crippen LogP contribution in [0.5, 0.6) is 0 Å². The van der Waals surface area contributed by atoms with Crippen molar-refractivity contribution in [1.29, 1.82) is 0 Å². The molecule has 1 heterocycles. The fourth-order valence-electron chi connectivity index (χ4n) is 3.30. The van der Waals surface area contributed by atoms with E-state index < -0.39 is 47.4 Å². The Bertz CT molecular complexity index is 990. The first-order valence-electron chi connectivity index (χ1n) is 9.05. The van der Waals surface area contributed by atoms with E-state index >= 15 is 0 Å². The molecule has 2 aromatic carbocycles. The minimum Gasteiger partial charge on any atom is -0.480 e. The molecule has 0 saturated carbocycles. The number of piperidine rings is 1. The van der Waals surface area contributed by atoms with Crippen molar-refractivity contribution in [2.45, 2.75) is 25.5 Å². The number of rotatable bonds is 5. The predicted octanol–water partition coefficient (Wildman–Crippen LogP) is 2.58. The fourth-order valence-corrected chi connectivity index (χ4v) is 3.30. The van der Waals surface area contributed by atoms with E-state index in [0.717, 1.165) is 11.6 Å². The van der Waals surface area contributed by atoms with Gasteiger partial charge >= 0.3 is 12.1 Å². The molecule has 0 aromatic heterocycles. The van der Waals surface area contributed by atoms with Gasteiger partial charge in [-0.2, -0.15) is 0 Å². The van der Waals surface area contributed by atoms with Crippen LogP contribution in [0.1, 0.15) is 24.5 Å². The number of ketones is 1.